The highest BCUT2D eigenvalue weighted by Crippen LogP contribution is 2.25. The van der Waals surface area contributed by atoms with E-state index >= 15 is 0 Å². The second kappa shape index (κ2) is 8.28. The minimum Gasteiger partial charge on any atom is -0.271 e. The molecule has 122 valence electrons. The van der Waals surface area contributed by atoms with Crippen LogP contribution in [-0.2, 0) is 0 Å². The van der Waals surface area contributed by atoms with Gasteiger partial charge in [0.25, 0.3) is 0 Å². The van der Waals surface area contributed by atoms with Gasteiger partial charge in [0.2, 0.25) is 0 Å². The molecule has 0 N–H and O–H groups in total. The maximum atomic E-state index is 13.6. The summed E-state index contributed by atoms with van der Waals surface area (Å²) in [7, 11) is 1.85. The molecule has 1 rings (SSSR count). The lowest BCUT2D eigenvalue weighted by Crippen LogP contribution is -2.36. The molecule has 2 atom stereocenters. The Hall–Kier alpha value is -1.41. The van der Waals surface area contributed by atoms with Crippen molar-refractivity contribution >= 4 is 5.57 Å². The molecule has 22 heavy (non-hydrogen) atoms. The van der Waals surface area contributed by atoms with E-state index in [9.17, 15) is 4.39 Å². The van der Waals surface area contributed by atoms with E-state index in [-0.39, 0.29) is 6.04 Å². The predicted molar refractivity (Wildman–Crippen MR) is 95.7 cm³/mol. The second-order valence-electron chi connectivity index (χ2n) is 6.11. The second-order valence-corrected chi connectivity index (χ2v) is 6.11. The van der Waals surface area contributed by atoms with Crippen molar-refractivity contribution in [3.8, 4) is 0 Å². The third kappa shape index (κ3) is 4.54. The standard InChI is InChI=1S/C20H30FN/c1-8-18(19-12-14(3)10-11-15(19)4)13-16(5)20(9-2)22(7)17(6)21/h8,10-13,17,20H,9H2,1-7H3/b16-13+,18-8+. The summed E-state index contributed by atoms with van der Waals surface area (Å²) >= 11 is 0. The van der Waals surface area contributed by atoms with Gasteiger partial charge in [0.1, 0.15) is 0 Å². The number of allylic oxidation sites excluding steroid dienone is 3. The lowest BCUT2D eigenvalue weighted by atomic mass is 9.94. The molecule has 2 unspecified atom stereocenters. The summed E-state index contributed by atoms with van der Waals surface area (Å²) in [5.41, 5.74) is 6.18. The molecule has 0 bridgehead atoms. The first-order valence-corrected chi connectivity index (χ1v) is 8.09. The van der Waals surface area contributed by atoms with Crippen LogP contribution in [-0.4, -0.2) is 24.3 Å². The lowest BCUT2D eigenvalue weighted by molar-refractivity contribution is 0.0948. The molecule has 0 fully saturated rings. The van der Waals surface area contributed by atoms with Gasteiger partial charge in [0, 0.05) is 6.04 Å². The van der Waals surface area contributed by atoms with Crippen LogP contribution in [0, 0.1) is 13.8 Å². The van der Waals surface area contributed by atoms with Crippen LogP contribution in [0.5, 0.6) is 0 Å². The number of aryl methyl sites for hydroxylation is 2. The topological polar surface area (TPSA) is 3.24 Å². The highest BCUT2D eigenvalue weighted by atomic mass is 19.1. The van der Waals surface area contributed by atoms with Crippen molar-refractivity contribution in [3.05, 3.63) is 52.6 Å². The molecule has 0 saturated carbocycles. The Labute approximate surface area is 135 Å². The molecule has 2 heteroatoms. The first-order chi connectivity index (χ1) is 10.3. The van der Waals surface area contributed by atoms with Crippen LogP contribution in [0.2, 0.25) is 0 Å². The molecule has 0 aliphatic rings. The summed E-state index contributed by atoms with van der Waals surface area (Å²) in [6, 6.07) is 6.64. The van der Waals surface area contributed by atoms with Crippen molar-refractivity contribution in [2.75, 3.05) is 7.05 Å². The van der Waals surface area contributed by atoms with Gasteiger partial charge < -0.3 is 0 Å². The number of hydrogen-bond donors (Lipinski definition) is 0. The number of alkyl halides is 1. The molecule has 1 aromatic rings. The lowest BCUT2D eigenvalue weighted by Gasteiger charge is -2.29. The minimum absolute atomic E-state index is 0.125. The molecular weight excluding hydrogens is 273 g/mol. The highest BCUT2D eigenvalue weighted by Gasteiger charge is 2.19. The van der Waals surface area contributed by atoms with Gasteiger partial charge in [0.05, 0.1) is 0 Å². The summed E-state index contributed by atoms with van der Waals surface area (Å²) in [5.74, 6) is 0. The zero-order valence-corrected chi connectivity index (χ0v) is 15.1. The monoisotopic (exact) mass is 303 g/mol. The third-order valence-corrected chi connectivity index (χ3v) is 4.36. The summed E-state index contributed by atoms with van der Waals surface area (Å²) < 4.78 is 13.6. The largest absolute Gasteiger partial charge is 0.271 e. The van der Waals surface area contributed by atoms with Gasteiger partial charge in [-0.25, -0.2) is 4.39 Å². The molecule has 0 aliphatic heterocycles. The number of benzene rings is 1. The van der Waals surface area contributed by atoms with Crippen molar-refractivity contribution < 1.29 is 4.39 Å². The van der Waals surface area contributed by atoms with Crippen LogP contribution < -0.4 is 0 Å². The maximum Gasteiger partial charge on any atom is 0.151 e. The van der Waals surface area contributed by atoms with Gasteiger partial charge in [-0.15, -0.1) is 0 Å². The first-order valence-electron chi connectivity index (χ1n) is 8.09. The third-order valence-electron chi connectivity index (χ3n) is 4.36. The average Bonchev–Trinajstić information content (AvgIpc) is 2.47. The normalized spacial score (nSPS) is 16.0. The molecule has 1 aromatic carbocycles. The number of nitrogens with zero attached hydrogens (tertiary/aromatic N) is 1. The van der Waals surface area contributed by atoms with Gasteiger partial charge in [-0.1, -0.05) is 48.4 Å². The maximum absolute atomic E-state index is 13.6. The Bertz CT molecular complexity index is 555. The van der Waals surface area contributed by atoms with Crippen molar-refractivity contribution in [2.45, 2.75) is 60.3 Å². The summed E-state index contributed by atoms with van der Waals surface area (Å²) in [5, 5.41) is 0. The van der Waals surface area contributed by atoms with Crippen molar-refractivity contribution in [2.24, 2.45) is 0 Å². The Kier molecular flexibility index (Phi) is 7.02. The Morgan fingerprint density at radius 3 is 2.45 bits per heavy atom. The molecule has 0 heterocycles. The fraction of sp³-hybridized carbons (Fsp3) is 0.500. The van der Waals surface area contributed by atoms with Crippen LogP contribution in [0.4, 0.5) is 4.39 Å². The molecule has 0 aromatic heterocycles. The number of halogens is 1. The van der Waals surface area contributed by atoms with Gasteiger partial charge in [-0.05, 0) is 64.8 Å². The fourth-order valence-corrected chi connectivity index (χ4v) is 2.88. The van der Waals surface area contributed by atoms with Crippen LogP contribution >= 0.6 is 0 Å². The molecular formula is C20H30FN. The van der Waals surface area contributed by atoms with Gasteiger partial charge in [-0.2, -0.15) is 0 Å². The summed E-state index contributed by atoms with van der Waals surface area (Å²) in [6.45, 7) is 12.1. The van der Waals surface area contributed by atoms with Crippen LogP contribution in [0.1, 0.15) is 50.8 Å². The SMILES string of the molecule is C/C=C(\C=C(/C)C(CC)N(C)C(C)F)c1cc(C)ccc1C. The average molecular weight is 303 g/mol. The van der Waals surface area contributed by atoms with E-state index in [2.05, 4.69) is 65.0 Å². The van der Waals surface area contributed by atoms with E-state index in [1.54, 1.807) is 11.8 Å². The summed E-state index contributed by atoms with van der Waals surface area (Å²) in [6.07, 6.45) is 4.30. The number of rotatable bonds is 6. The van der Waals surface area contributed by atoms with Crippen LogP contribution in [0.3, 0.4) is 0 Å². The van der Waals surface area contributed by atoms with E-state index in [4.69, 9.17) is 0 Å². The van der Waals surface area contributed by atoms with E-state index in [0.29, 0.717) is 0 Å². The van der Waals surface area contributed by atoms with Gasteiger partial charge >= 0.3 is 0 Å². The van der Waals surface area contributed by atoms with Gasteiger partial charge in [-0.3, -0.25) is 4.90 Å². The van der Waals surface area contributed by atoms with E-state index in [1.807, 2.05) is 7.05 Å². The van der Waals surface area contributed by atoms with Gasteiger partial charge in [0.15, 0.2) is 6.30 Å². The number of hydrogen-bond acceptors (Lipinski definition) is 1. The fourth-order valence-electron chi connectivity index (χ4n) is 2.88. The smallest absolute Gasteiger partial charge is 0.151 e. The minimum atomic E-state index is -0.942. The highest BCUT2D eigenvalue weighted by molar-refractivity contribution is 5.76. The van der Waals surface area contributed by atoms with E-state index in [0.717, 1.165) is 6.42 Å². The zero-order valence-electron chi connectivity index (χ0n) is 15.1. The van der Waals surface area contributed by atoms with Crippen molar-refractivity contribution in [3.63, 3.8) is 0 Å². The molecule has 0 amide bonds. The Balaban J connectivity index is 3.18. The molecule has 0 aliphatic carbocycles. The van der Waals surface area contributed by atoms with Crippen molar-refractivity contribution in [1.82, 2.24) is 4.90 Å². The Morgan fingerprint density at radius 2 is 1.95 bits per heavy atom. The van der Waals surface area contributed by atoms with Crippen LogP contribution in [0.25, 0.3) is 5.57 Å². The van der Waals surface area contributed by atoms with E-state index in [1.165, 1.54) is 27.8 Å². The molecule has 0 saturated heterocycles. The molecule has 1 nitrogen and oxygen atoms in total. The summed E-state index contributed by atoms with van der Waals surface area (Å²) in [4.78, 5) is 1.79. The zero-order chi connectivity index (χ0) is 16.9. The molecule has 0 spiro atoms. The quantitative estimate of drug-likeness (QED) is 0.483. The first kappa shape index (κ1) is 18.6. The predicted octanol–water partition coefficient (Wildman–Crippen LogP) is 5.68. The van der Waals surface area contributed by atoms with E-state index < -0.39 is 6.30 Å². The molecule has 0 radical (unpaired) electrons. The Morgan fingerprint density at radius 1 is 1.32 bits per heavy atom. The van der Waals surface area contributed by atoms with Crippen LogP contribution in [0.15, 0.2) is 35.9 Å². The number of likely N-dealkylation sites (N-methyl/N-ethyl adjacent to an activating group) is 1. The van der Waals surface area contributed by atoms with Crippen molar-refractivity contribution in [1.29, 1.82) is 0 Å².